The van der Waals surface area contributed by atoms with Crippen molar-refractivity contribution in [3.63, 3.8) is 0 Å². The normalized spacial score (nSPS) is 9.86. The lowest BCUT2D eigenvalue weighted by Crippen LogP contribution is -2.50. The zero-order valence-electron chi connectivity index (χ0n) is 16.5. The van der Waals surface area contributed by atoms with Gasteiger partial charge in [-0.2, -0.15) is 0 Å². The Hall–Kier alpha value is -1.30. The molecule has 0 heterocycles. The van der Waals surface area contributed by atoms with E-state index in [4.69, 9.17) is 29.0 Å². The Morgan fingerprint density at radius 3 is 1.86 bits per heavy atom. The molecule has 0 saturated heterocycles. The third kappa shape index (κ3) is 7.98. The topological polar surface area (TPSA) is 63.4 Å². The summed E-state index contributed by atoms with van der Waals surface area (Å²) in [4.78, 5) is 22.6. The molecule has 0 bridgehead atoms. The Morgan fingerprint density at radius 2 is 1.46 bits per heavy atom. The van der Waals surface area contributed by atoms with Crippen molar-refractivity contribution in [1.29, 1.82) is 0 Å². The predicted molar refractivity (Wildman–Crippen MR) is 122 cm³/mol. The van der Waals surface area contributed by atoms with Gasteiger partial charge in [0.05, 0.1) is 16.1 Å². The van der Waals surface area contributed by atoms with E-state index in [0.717, 1.165) is 11.1 Å². The predicted octanol–water partition coefficient (Wildman–Crippen LogP) is 5.98. The molecule has 4 nitrogen and oxygen atoms in total. The summed E-state index contributed by atoms with van der Waals surface area (Å²) in [5, 5.41) is 1.29. The molecule has 0 aromatic heterocycles. The molecule has 0 fully saturated rings. The molecule has 156 valence electrons. The van der Waals surface area contributed by atoms with E-state index < -0.39 is 10.8 Å². The molecule has 2 aromatic carbocycles. The number of carbonyl (C=O) groups excluding carboxylic acids is 2. The van der Waals surface area contributed by atoms with Gasteiger partial charge in [0, 0.05) is 5.56 Å². The average molecular weight is 468 g/mol. The number of rotatable bonds is 2. The first-order valence-corrected chi connectivity index (χ1v) is 8.82. The lowest BCUT2D eigenvalue weighted by atomic mass is 10.0. The van der Waals surface area contributed by atoms with Gasteiger partial charge in [0.25, 0.3) is 11.1 Å². The monoisotopic (exact) mass is 466 g/mol. The molecule has 0 aliphatic rings. The molecule has 0 aliphatic carbocycles. The fraction of sp³-hybridized carbons (Fsp3) is 0.300. The number of carbonyl (C=O) groups is 2. The highest BCUT2D eigenvalue weighted by molar-refractivity contribution is 6.67. The zero-order chi connectivity index (χ0) is 20.1. The van der Waals surface area contributed by atoms with Gasteiger partial charge < -0.3 is 0 Å². The summed E-state index contributed by atoms with van der Waals surface area (Å²) in [5.41, 5.74) is 2.54. The van der Waals surface area contributed by atoms with Crippen molar-refractivity contribution in [2.24, 2.45) is 5.84 Å². The van der Waals surface area contributed by atoms with Gasteiger partial charge in [-0.1, -0.05) is 48.0 Å². The van der Waals surface area contributed by atoms with E-state index in [1.807, 2.05) is 46.8 Å². The van der Waals surface area contributed by atoms with Crippen molar-refractivity contribution in [1.82, 2.24) is 5.01 Å². The van der Waals surface area contributed by atoms with Crippen LogP contribution >= 0.6 is 48.0 Å². The summed E-state index contributed by atoms with van der Waals surface area (Å²) in [7, 11) is 0. The van der Waals surface area contributed by atoms with Crippen LogP contribution in [0.2, 0.25) is 5.02 Å². The van der Waals surface area contributed by atoms with Crippen molar-refractivity contribution in [3.8, 4) is 0 Å². The minimum atomic E-state index is -0.431. The van der Waals surface area contributed by atoms with Gasteiger partial charge in [-0.15, -0.1) is 24.8 Å². The van der Waals surface area contributed by atoms with E-state index in [2.05, 4.69) is 0 Å². The van der Waals surface area contributed by atoms with Crippen LogP contribution in [0.15, 0.2) is 42.5 Å². The molecular weight excluding hydrogens is 442 g/mol. The van der Waals surface area contributed by atoms with E-state index in [1.165, 1.54) is 5.01 Å². The fourth-order valence-electron chi connectivity index (χ4n) is 1.95. The fourth-order valence-corrected chi connectivity index (χ4v) is 2.37. The molecule has 0 atom stereocenters. The third-order valence-corrected chi connectivity index (χ3v) is 4.54. The van der Waals surface area contributed by atoms with Crippen LogP contribution < -0.4 is 5.84 Å². The van der Waals surface area contributed by atoms with Gasteiger partial charge >= 0.3 is 0 Å². The van der Waals surface area contributed by atoms with Crippen LogP contribution in [-0.2, 0) is 0 Å². The summed E-state index contributed by atoms with van der Waals surface area (Å²) in [6, 6.07) is 12.3. The maximum atomic E-state index is 12.2. The van der Waals surface area contributed by atoms with E-state index in [1.54, 1.807) is 30.3 Å². The van der Waals surface area contributed by atoms with E-state index in [-0.39, 0.29) is 30.7 Å². The zero-order valence-corrected chi connectivity index (χ0v) is 19.6. The Bertz CT molecular complexity index is 791. The van der Waals surface area contributed by atoms with Crippen LogP contribution in [0.1, 0.15) is 52.6 Å². The highest BCUT2D eigenvalue weighted by atomic mass is 35.5. The molecule has 1 amide bonds. The van der Waals surface area contributed by atoms with Crippen molar-refractivity contribution in [2.75, 3.05) is 0 Å². The number of benzene rings is 2. The van der Waals surface area contributed by atoms with E-state index >= 15 is 0 Å². The molecule has 28 heavy (non-hydrogen) atoms. The van der Waals surface area contributed by atoms with Crippen molar-refractivity contribution in [3.05, 3.63) is 69.7 Å². The second-order valence-corrected chi connectivity index (χ2v) is 7.58. The van der Waals surface area contributed by atoms with Crippen molar-refractivity contribution in [2.45, 2.75) is 40.2 Å². The summed E-state index contributed by atoms with van der Waals surface area (Å²) < 4.78 is 0. The Labute approximate surface area is 189 Å². The molecule has 8 heteroatoms. The Morgan fingerprint density at radius 1 is 0.964 bits per heavy atom. The summed E-state index contributed by atoms with van der Waals surface area (Å²) in [6.07, 6.45) is 0. The molecular formula is C20H26Cl4N2O2. The second kappa shape index (κ2) is 12.3. The summed E-state index contributed by atoms with van der Waals surface area (Å²) in [5.74, 6) is 5.55. The number of halogens is 4. The molecule has 0 unspecified atom stereocenters. The highest BCUT2D eigenvalue weighted by Gasteiger charge is 2.26. The highest BCUT2D eigenvalue weighted by Crippen LogP contribution is 2.25. The Balaban J connectivity index is 0. The number of hydrazine groups is 1. The molecule has 0 saturated carbocycles. The minimum Gasteiger partial charge on any atom is -0.276 e. The van der Waals surface area contributed by atoms with Crippen molar-refractivity contribution < 1.29 is 9.59 Å². The molecule has 0 aliphatic heterocycles. The van der Waals surface area contributed by atoms with Gasteiger partial charge in [0.15, 0.2) is 0 Å². The number of aryl methyl sites for hydroxylation is 1. The van der Waals surface area contributed by atoms with Crippen LogP contribution in [0.5, 0.6) is 0 Å². The molecule has 0 spiro atoms. The number of nitrogens with zero attached hydrogens (tertiary/aromatic N) is 1. The van der Waals surface area contributed by atoms with Crippen LogP contribution in [0.25, 0.3) is 0 Å². The van der Waals surface area contributed by atoms with Gasteiger partial charge in [-0.25, -0.2) is 5.84 Å². The molecule has 2 rings (SSSR count). The van der Waals surface area contributed by atoms with E-state index in [9.17, 15) is 9.59 Å². The largest absolute Gasteiger partial charge is 0.276 e. The molecule has 0 radical (unpaired) electrons. The van der Waals surface area contributed by atoms with Gasteiger partial charge in [0.1, 0.15) is 0 Å². The Kier molecular flexibility index (Phi) is 12.7. The third-order valence-electron chi connectivity index (χ3n) is 3.83. The maximum absolute atomic E-state index is 12.2. The number of nitrogens with two attached hydrogens (primary N) is 1. The maximum Gasteiger partial charge on any atom is 0.269 e. The van der Waals surface area contributed by atoms with Crippen LogP contribution in [-0.4, -0.2) is 21.7 Å². The molecule has 2 N–H and O–H groups in total. The second-order valence-electron chi connectivity index (χ2n) is 6.85. The van der Waals surface area contributed by atoms with Gasteiger partial charge in [-0.3, -0.25) is 14.6 Å². The average Bonchev–Trinajstić information content (AvgIpc) is 2.59. The van der Waals surface area contributed by atoms with E-state index in [0.29, 0.717) is 16.1 Å². The number of hydrogen-bond acceptors (Lipinski definition) is 3. The standard InChI is InChI=1S/C13H19ClN2O.C7H5ClO.2ClH/c1-8-6-7-10(11(14)9(8)2)12(17)16(15)13(3,4)5;8-7(9)6-4-2-1-3-5-6;;/h6-7H,15H2,1-5H3;1-5H;2*1H. The first-order chi connectivity index (χ1) is 12.0. The molecule has 2 aromatic rings. The van der Waals surface area contributed by atoms with Crippen molar-refractivity contribution >= 4 is 59.2 Å². The summed E-state index contributed by atoms with van der Waals surface area (Å²) in [6.45, 7) is 9.48. The van der Waals surface area contributed by atoms with Gasteiger partial charge in [0.2, 0.25) is 0 Å². The minimum absolute atomic E-state index is 0. The smallest absolute Gasteiger partial charge is 0.269 e. The van der Waals surface area contributed by atoms with Crippen LogP contribution in [0.4, 0.5) is 0 Å². The first-order valence-electron chi connectivity index (χ1n) is 8.06. The first kappa shape index (κ1) is 28.9. The van der Waals surface area contributed by atoms with Gasteiger partial charge in [-0.05, 0) is 63.4 Å². The number of amides is 1. The lowest BCUT2D eigenvalue weighted by Gasteiger charge is -2.31. The lowest BCUT2D eigenvalue weighted by molar-refractivity contribution is 0.0582. The summed E-state index contributed by atoms with van der Waals surface area (Å²) >= 11 is 11.3. The quantitative estimate of drug-likeness (QED) is 0.255. The van der Waals surface area contributed by atoms with Crippen LogP contribution in [0.3, 0.4) is 0 Å². The number of hydrogen-bond donors (Lipinski definition) is 1. The van der Waals surface area contributed by atoms with Crippen LogP contribution in [0, 0.1) is 13.8 Å². The SMILES string of the molecule is Cc1ccc(C(=O)N(N)C(C)(C)C)c(Cl)c1C.Cl.Cl.O=C(Cl)c1ccccc1.